The number of hydrogen-bond donors (Lipinski definition) is 2. The van der Waals surface area contributed by atoms with Gasteiger partial charge >= 0.3 is 0 Å². The Bertz CT molecular complexity index is 1180. The van der Waals surface area contributed by atoms with Gasteiger partial charge in [0.2, 0.25) is 11.1 Å². The molecule has 4 rings (SSSR count). The maximum Gasteiger partial charge on any atom is 0.231 e. The monoisotopic (exact) mass is 435 g/mol. The maximum atomic E-state index is 12.8. The molecule has 2 aromatic carbocycles. The van der Waals surface area contributed by atoms with Crippen molar-refractivity contribution in [1.82, 2.24) is 35.5 Å². The first kappa shape index (κ1) is 21.0. The van der Waals surface area contributed by atoms with E-state index in [1.165, 1.54) is 11.8 Å². The van der Waals surface area contributed by atoms with Gasteiger partial charge in [0.1, 0.15) is 5.82 Å². The summed E-state index contributed by atoms with van der Waals surface area (Å²) in [5.74, 6) is 1.04. The van der Waals surface area contributed by atoms with Gasteiger partial charge in [0.15, 0.2) is 0 Å². The van der Waals surface area contributed by atoms with Crippen LogP contribution >= 0.6 is 11.8 Å². The molecule has 0 radical (unpaired) electrons. The summed E-state index contributed by atoms with van der Waals surface area (Å²) >= 11 is 1.31. The fourth-order valence-corrected chi connectivity index (χ4v) is 4.08. The van der Waals surface area contributed by atoms with Crippen LogP contribution in [0.1, 0.15) is 36.8 Å². The zero-order valence-electron chi connectivity index (χ0n) is 18.0. The molecule has 31 heavy (non-hydrogen) atoms. The van der Waals surface area contributed by atoms with Crippen LogP contribution in [0.3, 0.4) is 0 Å². The van der Waals surface area contributed by atoms with Gasteiger partial charge < -0.3 is 10.3 Å². The summed E-state index contributed by atoms with van der Waals surface area (Å²) in [6, 6.07) is 13.8. The van der Waals surface area contributed by atoms with Crippen LogP contribution in [0.2, 0.25) is 0 Å². The molecule has 0 saturated carbocycles. The number of amides is 1. The van der Waals surface area contributed by atoms with E-state index in [1.54, 1.807) is 4.68 Å². The van der Waals surface area contributed by atoms with Crippen LogP contribution < -0.4 is 5.32 Å². The lowest BCUT2D eigenvalue weighted by molar-refractivity contribution is -0.119. The fourth-order valence-electron chi connectivity index (χ4n) is 3.38. The number of imidazole rings is 1. The third-order valence-corrected chi connectivity index (χ3v) is 5.97. The molecule has 1 amide bonds. The van der Waals surface area contributed by atoms with Crippen molar-refractivity contribution in [3.63, 3.8) is 0 Å². The molecule has 2 heterocycles. The number of nitrogens with zero attached hydrogens (tertiary/aromatic N) is 5. The molecule has 160 valence electrons. The summed E-state index contributed by atoms with van der Waals surface area (Å²) in [4.78, 5) is 20.7. The molecule has 0 fully saturated rings. The highest BCUT2D eigenvalue weighted by molar-refractivity contribution is 7.99. The van der Waals surface area contributed by atoms with Crippen molar-refractivity contribution in [2.24, 2.45) is 5.92 Å². The zero-order chi connectivity index (χ0) is 22.0. The molecule has 0 aliphatic heterocycles. The Morgan fingerprint density at radius 1 is 1.19 bits per heavy atom. The smallest absolute Gasteiger partial charge is 0.231 e. The van der Waals surface area contributed by atoms with E-state index in [0.29, 0.717) is 5.16 Å². The lowest BCUT2D eigenvalue weighted by Gasteiger charge is -2.20. The number of hydrogen-bond acceptors (Lipinski definition) is 6. The van der Waals surface area contributed by atoms with E-state index in [4.69, 9.17) is 0 Å². The number of benzene rings is 2. The lowest BCUT2D eigenvalue weighted by atomic mass is 10.0. The number of fused-ring (bicyclic) bond motifs is 1. The summed E-state index contributed by atoms with van der Waals surface area (Å²) in [6.07, 6.45) is 0. The van der Waals surface area contributed by atoms with Crippen molar-refractivity contribution >= 4 is 28.7 Å². The molecule has 4 aromatic rings. The number of rotatable bonds is 7. The van der Waals surface area contributed by atoms with Crippen molar-refractivity contribution in [2.75, 3.05) is 5.75 Å². The van der Waals surface area contributed by atoms with E-state index in [2.05, 4.69) is 44.7 Å². The first-order valence-corrected chi connectivity index (χ1v) is 11.1. The second-order valence-corrected chi connectivity index (χ2v) is 8.82. The Balaban J connectivity index is 1.46. The SMILES string of the molecule is Cc1ccc(C)c(-n2nnnc2SCC(=O)NC(c2nc3ccccc3[nH]2)C(C)C)c1. The van der Waals surface area contributed by atoms with E-state index < -0.39 is 0 Å². The van der Waals surface area contributed by atoms with E-state index in [-0.39, 0.29) is 23.6 Å². The number of nitrogens with one attached hydrogen (secondary N) is 2. The minimum Gasteiger partial charge on any atom is -0.345 e. The Hall–Kier alpha value is -3.20. The number of aromatic amines is 1. The lowest BCUT2D eigenvalue weighted by Crippen LogP contribution is -2.33. The number of carbonyl (C=O) groups excluding carboxylic acids is 1. The molecular weight excluding hydrogens is 410 g/mol. The molecular formula is C22H25N7OS. The van der Waals surface area contributed by atoms with Gasteiger partial charge in [0.25, 0.3) is 0 Å². The van der Waals surface area contributed by atoms with Gasteiger partial charge in [-0.15, -0.1) is 5.10 Å². The summed E-state index contributed by atoms with van der Waals surface area (Å²) in [7, 11) is 0. The number of para-hydroxylation sites is 2. The molecule has 0 aliphatic carbocycles. The minimum atomic E-state index is -0.212. The molecule has 0 spiro atoms. The summed E-state index contributed by atoms with van der Waals surface area (Å²) in [5.41, 5.74) is 4.94. The molecule has 9 heteroatoms. The number of aromatic nitrogens is 6. The number of H-pyrrole nitrogens is 1. The Morgan fingerprint density at radius 2 is 2.00 bits per heavy atom. The van der Waals surface area contributed by atoms with Crippen molar-refractivity contribution in [3.8, 4) is 5.69 Å². The van der Waals surface area contributed by atoms with E-state index in [0.717, 1.165) is 33.7 Å². The van der Waals surface area contributed by atoms with Gasteiger partial charge in [0, 0.05) is 0 Å². The second kappa shape index (κ2) is 8.89. The average Bonchev–Trinajstić information content (AvgIpc) is 3.38. The van der Waals surface area contributed by atoms with Gasteiger partial charge in [-0.1, -0.05) is 49.9 Å². The van der Waals surface area contributed by atoms with E-state index in [9.17, 15) is 4.79 Å². The topological polar surface area (TPSA) is 101 Å². The quantitative estimate of drug-likeness (QED) is 0.429. The molecule has 2 N–H and O–H groups in total. The number of aryl methyl sites for hydroxylation is 2. The van der Waals surface area contributed by atoms with Crippen LogP contribution in [0.4, 0.5) is 0 Å². The zero-order valence-corrected chi connectivity index (χ0v) is 18.8. The third-order valence-electron chi connectivity index (χ3n) is 5.05. The summed E-state index contributed by atoms with van der Waals surface area (Å²) < 4.78 is 1.68. The average molecular weight is 436 g/mol. The Kier molecular flexibility index (Phi) is 6.03. The highest BCUT2D eigenvalue weighted by atomic mass is 32.2. The van der Waals surface area contributed by atoms with Crippen LogP contribution in [0, 0.1) is 19.8 Å². The third kappa shape index (κ3) is 4.61. The number of carbonyl (C=O) groups is 1. The molecule has 0 bridgehead atoms. The predicted molar refractivity (Wildman–Crippen MR) is 121 cm³/mol. The number of tetrazole rings is 1. The fraction of sp³-hybridized carbons (Fsp3) is 0.318. The first-order chi connectivity index (χ1) is 14.9. The predicted octanol–water partition coefficient (Wildman–Crippen LogP) is 3.76. The van der Waals surface area contributed by atoms with Crippen LogP contribution in [0.15, 0.2) is 47.6 Å². The minimum absolute atomic E-state index is 0.0975. The van der Waals surface area contributed by atoms with Crippen molar-refractivity contribution in [1.29, 1.82) is 0 Å². The van der Waals surface area contributed by atoms with Crippen LogP contribution in [0.5, 0.6) is 0 Å². The van der Waals surface area contributed by atoms with Gasteiger partial charge in [0.05, 0.1) is 28.5 Å². The summed E-state index contributed by atoms with van der Waals surface area (Å²) in [5, 5.41) is 15.7. The van der Waals surface area contributed by atoms with Crippen molar-refractivity contribution < 1.29 is 4.79 Å². The first-order valence-electron chi connectivity index (χ1n) is 10.1. The molecule has 0 saturated heterocycles. The van der Waals surface area contributed by atoms with Gasteiger partial charge in [-0.2, -0.15) is 4.68 Å². The van der Waals surface area contributed by atoms with Gasteiger partial charge in [-0.25, -0.2) is 4.98 Å². The van der Waals surface area contributed by atoms with Crippen molar-refractivity contribution in [3.05, 3.63) is 59.4 Å². The highest BCUT2D eigenvalue weighted by Crippen LogP contribution is 2.24. The van der Waals surface area contributed by atoms with Crippen LogP contribution in [-0.2, 0) is 4.79 Å². The number of thioether (sulfide) groups is 1. The van der Waals surface area contributed by atoms with Gasteiger partial charge in [-0.3, -0.25) is 4.79 Å². The molecule has 2 aromatic heterocycles. The van der Waals surface area contributed by atoms with E-state index in [1.807, 2.05) is 56.3 Å². The van der Waals surface area contributed by atoms with Crippen LogP contribution in [-0.4, -0.2) is 41.8 Å². The molecule has 1 atom stereocenters. The van der Waals surface area contributed by atoms with E-state index >= 15 is 0 Å². The standard InChI is InChI=1S/C22H25N7OS/c1-13(2)20(21-23-16-7-5-6-8-17(16)24-21)25-19(30)12-31-22-26-27-28-29(22)18-11-14(3)9-10-15(18)4/h5-11,13,20H,12H2,1-4H3,(H,23,24)(H,25,30). The molecule has 1 unspecified atom stereocenters. The maximum absolute atomic E-state index is 12.8. The Labute approximate surface area is 184 Å². The largest absolute Gasteiger partial charge is 0.345 e. The van der Waals surface area contributed by atoms with Gasteiger partial charge in [-0.05, 0) is 59.5 Å². The highest BCUT2D eigenvalue weighted by Gasteiger charge is 2.22. The second-order valence-electron chi connectivity index (χ2n) is 7.88. The Morgan fingerprint density at radius 3 is 2.77 bits per heavy atom. The van der Waals surface area contributed by atoms with Crippen LogP contribution in [0.25, 0.3) is 16.7 Å². The van der Waals surface area contributed by atoms with Crippen molar-refractivity contribution in [2.45, 2.75) is 38.9 Å². The normalized spacial score (nSPS) is 12.4. The molecule has 0 aliphatic rings. The molecule has 8 nitrogen and oxygen atoms in total. The summed E-state index contributed by atoms with van der Waals surface area (Å²) in [6.45, 7) is 8.16.